The van der Waals surface area contributed by atoms with Crippen LogP contribution in [0, 0.1) is 0 Å². The molecule has 0 spiro atoms. The summed E-state index contributed by atoms with van der Waals surface area (Å²) in [6, 6.07) is 2.69. The molecule has 0 aromatic carbocycles. The van der Waals surface area contributed by atoms with E-state index in [1.165, 1.54) is 17.7 Å². The maximum atomic E-state index is 6.19. The first-order valence-corrected chi connectivity index (χ1v) is 10.3. The number of allylic oxidation sites excluding steroid dienone is 1. The van der Waals surface area contributed by atoms with Crippen molar-refractivity contribution in [3.05, 3.63) is 11.3 Å². The third kappa shape index (κ3) is 10.5. The monoisotopic (exact) mass is 206 g/mol. The topological polar surface area (TPSA) is 0 Å². The number of halogens is 1. The van der Waals surface area contributed by atoms with Gasteiger partial charge in [-0.15, -0.1) is 5.70 Å². The second-order valence-corrected chi connectivity index (χ2v) is 12.6. The first-order valence-electron chi connectivity index (χ1n) is 4.24. The fourth-order valence-electron chi connectivity index (χ4n) is 0.913. The molecule has 66 valence electrons. The van der Waals surface area contributed by atoms with E-state index in [-0.39, 0.29) is 9.52 Å². The van der Waals surface area contributed by atoms with Crippen molar-refractivity contribution in [3.63, 3.8) is 0 Å². The van der Waals surface area contributed by atoms with Crippen molar-refractivity contribution in [1.82, 2.24) is 0 Å². The van der Waals surface area contributed by atoms with Gasteiger partial charge in [0.25, 0.3) is 0 Å². The van der Waals surface area contributed by atoms with Gasteiger partial charge in [0.15, 0.2) is 0 Å². The maximum Gasteiger partial charge on any atom is 0.150 e. The number of rotatable bonds is 4. The number of hydrogen-bond donors (Lipinski definition) is 0. The first-order chi connectivity index (χ1) is 4.92. The van der Waals surface area contributed by atoms with Gasteiger partial charge in [-0.2, -0.15) is 11.1 Å². The molecular weight excluding hydrogens is 188 g/mol. The SMILES string of the molecule is CC(C)=C[SiH2]CC[Si](C)(C)Cl. The van der Waals surface area contributed by atoms with Crippen LogP contribution >= 0.6 is 11.1 Å². The van der Waals surface area contributed by atoms with E-state index in [0.29, 0.717) is 0 Å². The summed E-state index contributed by atoms with van der Waals surface area (Å²) in [7, 11) is -1.18. The smallest absolute Gasteiger partial charge is 0.150 e. The minimum Gasteiger partial charge on any atom is -0.168 e. The molecule has 0 aromatic rings. The van der Waals surface area contributed by atoms with Gasteiger partial charge in [0.2, 0.25) is 0 Å². The summed E-state index contributed by atoms with van der Waals surface area (Å²) in [5.74, 6) is 0. The predicted octanol–water partition coefficient (Wildman–Crippen LogP) is 2.94. The van der Waals surface area contributed by atoms with E-state index in [9.17, 15) is 0 Å². The van der Waals surface area contributed by atoms with Gasteiger partial charge in [-0.25, -0.2) is 0 Å². The van der Waals surface area contributed by atoms with Crippen molar-refractivity contribution in [1.29, 1.82) is 0 Å². The Morgan fingerprint density at radius 3 is 2.36 bits per heavy atom. The summed E-state index contributed by atoms with van der Waals surface area (Å²) in [6.07, 6.45) is 0. The van der Waals surface area contributed by atoms with Crippen molar-refractivity contribution >= 4 is 28.0 Å². The standard InChI is InChI=1S/C8H19ClSi2/c1-8(2)7-10-5-6-11(3,4)9/h7H,5-6,10H2,1-4H3. The van der Waals surface area contributed by atoms with Gasteiger partial charge in [0, 0.05) is 9.52 Å². The molecule has 0 aliphatic carbocycles. The molecule has 3 heteroatoms. The van der Waals surface area contributed by atoms with Gasteiger partial charge in [0.1, 0.15) is 7.38 Å². The molecule has 0 unspecified atom stereocenters. The summed E-state index contributed by atoms with van der Waals surface area (Å²) >= 11 is 6.19. The molecule has 0 aliphatic rings. The summed E-state index contributed by atoms with van der Waals surface area (Å²) < 4.78 is 0. The predicted molar refractivity (Wildman–Crippen MR) is 60.9 cm³/mol. The van der Waals surface area contributed by atoms with Crippen molar-refractivity contribution in [2.24, 2.45) is 0 Å². The lowest BCUT2D eigenvalue weighted by molar-refractivity contribution is 1.36. The van der Waals surface area contributed by atoms with Crippen LogP contribution < -0.4 is 0 Å². The molecule has 0 aliphatic heterocycles. The van der Waals surface area contributed by atoms with Crippen molar-refractivity contribution in [2.75, 3.05) is 0 Å². The Hall–Kier alpha value is 0.464. The highest BCUT2D eigenvalue weighted by Gasteiger charge is 2.14. The summed E-state index contributed by atoms with van der Waals surface area (Å²) in [6.45, 7) is 8.81. The Labute approximate surface area is 78.6 Å². The fraction of sp³-hybridized carbons (Fsp3) is 0.750. The van der Waals surface area contributed by atoms with E-state index in [1.54, 1.807) is 0 Å². The zero-order chi connectivity index (χ0) is 8.91. The molecular formula is C8H19ClSi2. The van der Waals surface area contributed by atoms with E-state index >= 15 is 0 Å². The second kappa shape index (κ2) is 5.17. The molecule has 0 amide bonds. The van der Waals surface area contributed by atoms with Gasteiger partial charge >= 0.3 is 0 Å². The average Bonchev–Trinajstić information content (AvgIpc) is 1.78. The summed E-state index contributed by atoms with van der Waals surface area (Å²) in [4.78, 5) is 0. The Balaban J connectivity index is 3.36. The Morgan fingerprint density at radius 2 is 2.00 bits per heavy atom. The van der Waals surface area contributed by atoms with Crippen LogP contribution in [0.1, 0.15) is 13.8 Å². The van der Waals surface area contributed by atoms with E-state index in [4.69, 9.17) is 11.1 Å². The molecule has 0 N–H and O–H groups in total. The van der Waals surface area contributed by atoms with Crippen LogP contribution in [0.15, 0.2) is 11.3 Å². The minimum atomic E-state index is -1.25. The van der Waals surface area contributed by atoms with Crippen LogP contribution in [0.2, 0.25) is 25.2 Å². The van der Waals surface area contributed by atoms with Crippen LogP contribution in [0.3, 0.4) is 0 Å². The largest absolute Gasteiger partial charge is 0.168 e. The molecule has 0 atom stereocenters. The molecule has 11 heavy (non-hydrogen) atoms. The van der Waals surface area contributed by atoms with E-state index < -0.39 is 7.38 Å². The zero-order valence-electron chi connectivity index (χ0n) is 8.08. The summed E-state index contributed by atoms with van der Waals surface area (Å²) in [5, 5.41) is 0. The highest BCUT2D eigenvalue weighted by atomic mass is 35.6. The Kier molecular flexibility index (Phi) is 5.39. The van der Waals surface area contributed by atoms with Gasteiger partial charge in [-0.05, 0) is 19.9 Å². The quantitative estimate of drug-likeness (QED) is 0.377. The molecule has 0 bridgehead atoms. The number of hydrogen-bond acceptors (Lipinski definition) is 0. The molecule has 0 nitrogen and oxygen atoms in total. The van der Waals surface area contributed by atoms with Crippen LogP contribution in [0.25, 0.3) is 0 Å². The lowest BCUT2D eigenvalue weighted by atomic mass is 10.4. The minimum absolute atomic E-state index is 0.0723. The second-order valence-electron chi connectivity index (χ2n) is 3.89. The lowest BCUT2D eigenvalue weighted by Gasteiger charge is -2.10. The van der Waals surface area contributed by atoms with Crippen molar-refractivity contribution in [3.8, 4) is 0 Å². The first kappa shape index (κ1) is 11.5. The van der Waals surface area contributed by atoms with Gasteiger partial charge in [-0.1, -0.05) is 24.7 Å². The van der Waals surface area contributed by atoms with Crippen LogP contribution in [0.4, 0.5) is 0 Å². The van der Waals surface area contributed by atoms with E-state index in [0.717, 1.165) is 0 Å². The van der Waals surface area contributed by atoms with Gasteiger partial charge < -0.3 is 0 Å². The van der Waals surface area contributed by atoms with Crippen LogP contribution in [-0.2, 0) is 0 Å². The highest BCUT2D eigenvalue weighted by Crippen LogP contribution is 2.16. The van der Waals surface area contributed by atoms with Crippen molar-refractivity contribution in [2.45, 2.75) is 39.0 Å². The zero-order valence-corrected chi connectivity index (χ0v) is 11.2. The lowest BCUT2D eigenvalue weighted by Crippen LogP contribution is -2.15. The summed E-state index contributed by atoms with van der Waals surface area (Å²) in [5.41, 5.74) is 3.91. The third-order valence-electron chi connectivity index (χ3n) is 1.53. The molecule has 0 radical (unpaired) electrons. The van der Waals surface area contributed by atoms with E-state index in [2.05, 4.69) is 32.6 Å². The molecule has 0 saturated heterocycles. The Bertz CT molecular complexity index is 132. The van der Waals surface area contributed by atoms with Crippen molar-refractivity contribution < 1.29 is 0 Å². The highest BCUT2D eigenvalue weighted by molar-refractivity contribution is 7.19. The van der Waals surface area contributed by atoms with Crippen LogP contribution in [-0.4, -0.2) is 16.9 Å². The molecule has 0 heterocycles. The van der Waals surface area contributed by atoms with Gasteiger partial charge in [-0.3, -0.25) is 0 Å². The normalized spacial score (nSPS) is 12.5. The molecule has 0 saturated carbocycles. The van der Waals surface area contributed by atoms with E-state index in [1.807, 2.05) is 0 Å². The van der Waals surface area contributed by atoms with Crippen LogP contribution in [0.5, 0.6) is 0 Å². The molecule has 0 aromatic heterocycles. The molecule has 0 fully saturated rings. The Morgan fingerprint density at radius 1 is 1.45 bits per heavy atom. The maximum absolute atomic E-state index is 6.19. The fourth-order valence-corrected chi connectivity index (χ4v) is 7.08. The average molecular weight is 207 g/mol. The molecule has 0 rings (SSSR count). The van der Waals surface area contributed by atoms with Gasteiger partial charge in [0.05, 0.1) is 0 Å². The third-order valence-corrected chi connectivity index (χ3v) is 6.21.